The number of hydrogen-bond acceptors (Lipinski definition) is 6. The fraction of sp³-hybridized carbons (Fsp3) is 0.409. The number of nitrogens with zero attached hydrogens (tertiary/aromatic N) is 2. The number of aromatic nitrogens is 2. The van der Waals surface area contributed by atoms with Crippen molar-refractivity contribution in [3.8, 4) is 5.75 Å². The number of benzene rings is 1. The third-order valence-corrected chi connectivity index (χ3v) is 7.08. The molecule has 0 unspecified atom stereocenters. The molecule has 2 aliphatic rings. The van der Waals surface area contributed by atoms with Gasteiger partial charge in [-0.15, -0.1) is 11.3 Å². The molecule has 2 N–H and O–H groups in total. The average molecular weight is 426 g/mol. The van der Waals surface area contributed by atoms with Crippen LogP contribution in [0, 0.1) is 18.8 Å². The molecule has 30 heavy (non-hydrogen) atoms. The zero-order chi connectivity index (χ0) is 20.8. The number of ether oxygens (including phenoxy) is 1. The highest BCUT2D eigenvalue weighted by Crippen LogP contribution is 2.38. The first kappa shape index (κ1) is 19.3. The van der Waals surface area contributed by atoms with E-state index in [4.69, 9.17) is 4.74 Å². The van der Waals surface area contributed by atoms with Crippen molar-refractivity contribution in [3.05, 3.63) is 57.5 Å². The Morgan fingerprint density at radius 2 is 2.03 bits per heavy atom. The van der Waals surface area contributed by atoms with Gasteiger partial charge in [-0.25, -0.2) is 4.98 Å². The second-order valence-corrected chi connectivity index (χ2v) is 9.45. The number of thiazole rings is 1. The maximum Gasteiger partial charge on any atom is 0.270 e. The minimum absolute atomic E-state index is 0.168. The van der Waals surface area contributed by atoms with E-state index in [0.29, 0.717) is 37.4 Å². The van der Waals surface area contributed by atoms with Crippen LogP contribution in [0.3, 0.4) is 0 Å². The first-order valence-corrected chi connectivity index (χ1v) is 11.0. The highest BCUT2D eigenvalue weighted by Gasteiger charge is 2.44. The summed E-state index contributed by atoms with van der Waals surface area (Å²) in [5.41, 5.74) is 0.933. The number of aliphatic hydroxyl groups is 1. The van der Waals surface area contributed by atoms with Gasteiger partial charge in [-0.2, -0.15) is 0 Å². The van der Waals surface area contributed by atoms with E-state index in [2.05, 4.69) is 9.97 Å². The van der Waals surface area contributed by atoms with Gasteiger partial charge in [0.1, 0.15) is 17.5 Å². The van der Waals surface area contributed by atoms with Gasteiger partial charge >= 0.3 is 0 Å². The van der Waals surface area contributed by atoms with Crippen molar-refractivity contribution in [1.29, 1.82) is 0 Å². The van der Waals surface area contributed by atoms with Crippen LogP contribution in [-0.4, -0.2) is 51.2 Å². The summed E-state index contributed by atoms with van der Waals surface area (Å²) in [7, 11) is 0. The van der Waals surface area contributed by atoms with Gasteiger partial charge in [0, 0.05) is 25.2 Å². The third kappa shape index (κ3) is 3.61. The van der Waals surface area contributed by atoms with Crippen molar-refractivity contribution < 1.29 is 14.6 Å². The summed E-state index contributed by atoms with van der Waals surface area (Å²) in [5.74, 6) is 1.05. The second-order valence-electron chi connectivity index (χ2n) is 8.22. The van der Waals surface area contributed by atoms with Crippen molar-refractivity contribution >= 4 is 27.5 Å². The number of likely N-dealkylation sites (tertiary alicyclic amines) is 1. The fourth-order valence-corrected chi connectivity index (χ4v) is 5.50. The molecule has 156 valence electrons. The highest BCUT2D eigenvalue weighted by atomic mass is 32.1. The van der Waals surface area contributed by atoms with E-state index in [1.807, 2.05) is 25.1 Å². The van der Waals surface area contributed by atoms with E-state index in [1.165, 1.54) is 6.07 Å². The fourth-order valence-electron chi connectivity index (χ4n) is 4.70. The summed E-state index contributed by atoms with van der Waals surface area (Å²) in [6, 6.07) is 10.5. The standard InChI is InChI=1S/C22H23N3O4S/c1-12-23-17-9-15(5-6-20(17)30-12)29-19-8-14-11-25(10-13(14)7-18(19)26)22(28)16-3-2-4-21(27)24-16/h2-6,9,13-14,18-19,26H,7-8,10-11H2,1H3,(H,24,27)/t13-,14+,18+,19+/m0/s1. The van der Waals surface area contributed by atoms with Crippen LogP contribution < -0.4 is 10.3 Å². The number of carbonyl (C=O) groups is 1. The topological polar surface area (TPSA) is 95.5 Å². The van der Waals surface area contributed by atoms with E-state index >= 15 is 0 Å². The summed E-state index contributed by atoms with van der Waals surface area (Å²) in [6.45, 7) is 3.18. The molecular formula is C22H23N3O4S. The zero-order valence-corrected chi connectivity index (χ0v) is 17.4. The largest absolute Gasteiger partial charge is 0.488 e. The van der Waals surface area contributed by atoms with Crippen LogP contribution in [0.2, 0.25) is 0 Å². The number of aliphatic hydroxyl groups excluding tert-OH is 1. The molecule has 3 heterocycles. The van der Waals surface area contributed by atoms with Crippen LogP contribution in [0.5, 0.6) is 5.75 Å². The van der Waals surface area contributed by atoms with Crippen LogP contribution in [-0.2, 0) is 0 Å². The van der Waals surface area contributed by atoms with Crippen molar-refractivity contribution in [3.63, 3.8) is 0 Å². The molecule has 1 saturated heterocycles. The summed E-state index contributed by atoms with van der Waals surface area (Å²) in [6.07, 6.45) is 0.401. The van der Waals surface area contributed by atoms with E-state index in [9.17, 15) is 14.7 Å². The lowest BCUT2D eigenvalue weighted by Crippen LogP contribution is -2.42. The molecule has 0 radical (unpaired) electrons. The maximum absolute atomic E-state index is 12.8. The zero-order valence-electron chi connectivity index (χ0n) is 16.6. The molecule has 4 atom stereocenters. The number of amides is 1. The molecule has 0 spiro atoms. The Morgan fingerprint density at radius 1 is 1.23 bits per heavy atom. The second kappa shape index (κ2) is 7.52. The van der Waals surface area contributed by atoms with Crippen molar-refractivity contribution in [1.82, 2.24) is 14.9 Å². The predicted octanol–water partition coefficient (Wildman–Crippen LogP) is 2.58. The number of nitrogens with one attached hydrogen (secondary N) is 1. The lowest BCUT2D eigenvalue weighted by Gasteiger charge is -2.35. The number of rotatable bonds is 3. The number of H-pyrrole nitrogens is 1. The Morgan fingerprint density at radius 3 is 2.83 bits per heavy atom. The lowest BCUT2D eigenvalue weighted by molar-refractivity contribution is -0.0230. The summed E-state index contributed by atoms with van der Waals surface area (Å²) >= 11 is 1.65. The number of hydrogen-bond donors (Lipinski definition) is 2. The molecule has 5 rings (SSSR count). The molecule has 8 heteroatoms. The summed E-state index contributed by atoms with van der Waals surface area (Å²) in [4.78, 5) is 33.2. The van der Waals surface area contributed by atoms with Gasteiger partial charge in [-0.3, -0.25) is 9.59 Å². The van der Waals surface area contributed by atoms with Gasteiger partial charge in [0.25, 0.3) is 5.91 Å². The van der Waals surface area contributed by atoms with Gasteiger partial charge in [0.2, 0.25) is 5.56 Å². The predicted molar refractivity (Wildman–Crippen MR) is 114 cm³/mol. The number of fused-ring (bicyclic) bond motifs is 2. The quantitative estimate of drug-likeness (QED) is 0.673. The van der Waals surface area contributed by atoms with Crippen LogP contribution in [0.1, 0.15) is 28.3 Å². The Labute approximate surface area is 177 Å². The maximum atomic E-state index is 12.8. The molecule has 1 aliphatic heterocycles. The summed E-state index contributed by atoms with van der Waals surface area (Å²) < 4.78 is 7.27. The molecule has 1 aromatic carbocycles. The van der Waals surface area contributed by atoms with Crippen molar-refractivity contribution in [2.45, 2.75) is 32.0 Å². The summed E-state index contributed by atoms with van der Waals surface area (Å²) in [5, 5.41) is 11.7. The van der Waals surface area contributed by atoms with Crippen LogP contribution in [0.25, 0.3) is 10.2 Å². The van der Waals surface area contributed by atoms with Crippen LogP contribution >= 0.6 is 11.3 Å². The molecule has 0 bridgehead atoms. The number of carbonyl (C=O) groups excluding carboxylic acids is 1. The van der Waals surface area contributed by atoms with E-state index < -0.39 is 6.10 Å². The SMILES string of the molecule is Cc1nc2cc(O[C@@H]3C[C@@H]4CN(C(=O)c5cccc(=O)[nH]5)C[C@@H]4C[C@H]3O)ccc2s1. The minimum atomic E-state index is -0.578. The van der Waals surface area contributed by atoms with Gasteiger partial charge in [0.05, 0.1) is 21.3 Å². The van der Waals surface area contributed by atoms with Crippen molar-refractivity contribution in [2.75, 3.05) is 13.1 Å². The normalized spacial score (nSPS) is 26.0. The molecular weight excluding hydrogens is 402 g/mol. The molecule has 1 saturated carbocycles. The molecule has 1 amide bonds. The number of aryl methyl sites for hydroxylation is 1. The molecule has 2 fully saturated rings. The molecule has 2 aromatic heterocycles. The Bertz CT molecular complexity index is 1160. The van der Waals surface area contributed by atoms with E-state index in [-0.39, 0.29) is 29.4 Å². The smallest absolute Gasteiger partial charge is 0.270 e. The first-order valence-electron chi connectivity index (χ1n) is 10.2. The third-order valence-electron chi connectivity index (χ3n) is 6.12. The lowest BCUT2D eigenvalue weighted by atomic mass is 9.78. The van der Waals surface area contributed by atoms with Gasteiger partial charge in [-0.1, -0.05) is 6.07 Å². The number of pyridine rings is 1. The number of aromatic amines is 1. The van der Waals surface area contributed by atoms with E-state index in [0.717, 1.165) is 15.2 Å². The average Bonchev–Trinajstić information content (AvgIpc) is 3.29. The first-order chi connectivity index (χ1) is 14.5. The molecule has 7 nitrogen and oxygen atoms in total. The Balaban J connectivity index is 1.28. The molecule has 3 aromatic rings. The Kier molecular flexibility index (Phi) is 4.83. The van der Waals surface area contributed by atoms with Crippen LogP contribution in [0.4, 0.5) is 0 Å². The van der Waals surface area contributed by atoms with Crippen LogP contribution in [0.15, 0.2) is 41.2 Å². The van der Waals surface area contributed by atoms with E-state index in [1.54, 1.807) is 28.4 Å². The van der Waals surface area contributed by atoms with Crippen molar-refractivity contribution in [2.24, 2.45) is 11.8 Å². The highest BCUT2D eigenvalue weighted by molar-refractivity contribution is 7.18. The minimum Gasteiger partial charge on any atom is -0.488 e. The monoisotopic (exact) mass is 425 g/mol. The molecule has 1 aliphatic carbocycles. The Hall–Kier alpha value is -2.71. The van der Waals surface area contributed by atoms with Gasteiger partial charge < -0.3 is 19.7 Å². The van der Waals surface area contributed by atoms with Gasteiger partial charge in [-0.05, 0) is 49.8 Å². The van der Waals surface area contributed by atoms with Gasteiger partial charge in [0.15, 0.2) is 0 Å².